The molecule has 0 saturated heterocycles. The summed E-state index contributed by atoms with van der Waals surface area (Å²) in [5.74, 6) is 0. The van der Waals surface area contributed by atoms with Gasteiger partial charge in [-0.15, -0.1) is 0 Å². The molecule has 0 aliphatic carbocycles. The molecule has 0 unspecified atom stereocenters. The Bertz CT molecular complexity index is 398. The second-order valence-electron chi connectivity index (χ2n) is 3.71. The topological polar surface area (TPSA) is 47.3 Å². The summed E-state index contributed by atoms with van der Waals surface area (Å²) in [4.78, 5) is 2.01. The van der Waals surface area contributed by atoms with Crippen molar-refractivity contribution >= 4 is 21.6 Å². The molecule has 1 N–H and O–H groups in total. The summed E-state index contributed by atoms with van der Waals surface area (Å²) in [6.45, 7) is 2.44. The zero-order chi connectivity index (χ0) is 12.1. The Morgan fingerprint density at radius 1 is 1.56 bits per heavy atom. The molecule has 0 aliphatic rings. The number of nitriles is 1. The van der Waals surface area contributed by atoms with Gasteiger partial charge in [0.05, 0.1) is 18.6 Å². The summed E-state index contributed by atoms with van der Waals surface area (Å²) in [6.07, 6.45) is 0.0274. The van der Waals surface area contributed by atoms with E-state index in [-0.39, 0.29) is 0 Å². The molecule has 0 heterocycles. The van der Waals surface area contributed by atoms with Crippen molar-refractivity contribution in [1.82, 2.24) is 0 Å². The third-order valence-electron chi connectivity index (χ3n) is 2.43. The molecule has 0 bridgehead atoms. The van der Waals surface area contributed by atoms with Crippen molar-refractivity contribution in [3.8, 4) is 6.07 Å². The fourth-order valence-electron chi connectivity index (χ4n) is 1.44. The lowest BCUT2D eigenvalue weighted by atomic mass is 10.1. The van der Waals surface area contributed by atoms with Crippen molar-refractivity contribution in [3.63, 3.8) is 0 Å². The van der Waals surface area contributed by atoms with E-state index in [1.54, 1.807) is 6.92 Å². The van der Waals surface area contributed by atoms with Crippen LogP contribution in [0.4, 0.5) is 5.69 Å². The second-order valence-corrected chi connectivity index (χ2v) is 4.57. The lowest BCUT2D eigenvalue weighted by molar-refractivity contribution is 0.198. The Balaban J connectivity index is 2.85. The van der Waals surface area contributed by atoms with Crippen LogP contribution in [-0.4, -0.2) is 18.7 Å². The van der Waals surface area contributed by atoms with Gasteiger partial charge in [0, 0.05) is 23.8 Å². The molecule has 0 aromatic heterocycles. The van der Waals surface area contributed by atoms with Gasteiger partial charge in [0.25, 0.3) is 0 Å². The molecule has 1 rings (SSSR count). The summed E-state index contributed by atoms with van der Waals surface area (Å²) in [5, 5.41) is 18.0. The van der Waals surface area contributed by atoms with Gasteiger partial charge in [0.1, 0.15) is 0 Å². The number of nitrogens with zero attached hydrogens (tertiary/aromatic N) is 2. The Labute approximate surface area is 104 Å². The minimum atomic E-state index is -0.479. The first-order chi connectivity index (χ1) is 7.56. The van der Waals surface area contributed by atoms with Gasteiger partial charge in [-0.05, 0) is 24.6 Å². The van der Waals surface area contributed by atoms with Crippen LogP contribution in [0, 0.1) is 11.3 Å². The van der Waals surface area contributed by atoms with E-state index in [1.807, 2.05) is 30.1 Å². The number of aliphatic hydroxyl groups excluding tert-OH is 1. The van der Waals surface area contributed by atoms with E-state index in [4.69, 9.17) is 5.26 Å². The van der Waals surface area contributed by atoms with Crippen molar-refractivity contribution in [2.75, 3.05) is 18.5 Å². The van der Waals surface area contributed by atoms with Crippen LogP contribution in [0.3, 0.4) is 0 Å². The quantitative estimate of drug-likeness (QED) is 0.924. The molecule has 0 fully saturated rings. The van der Waals surface area contributed by atoms with E-state index < -0.39 is 6.10 Å². The monoisotopic (exact) mass is 282 g/mol. The van der Waals surface area contributed by atoms with Gasteiger partial charge >= 0.3 is 0 Å². The van der Waals surface area contributed by atoms with Crippen molar-refractivity contribution in [2.24, 2.45) is 0 Å². The maximum Gasteiger partial charge on any atom is 0.0772 e. The van der Waals surface area contributed by atoms with E-state index in [0.29, 0.717) is 13.0 Å². The SMILES string of the molecule is C[C@@H](O)c1ccc(N(C)CCC#N)cc1Br. The fourth-order valence-corrected chi connectivity index (χ4v) is 2.14. The highest BCUT2D eigenvalue weighted by molar-refractivity contribution is 9.10. The van der Waals surface area contributed by atoms with E-state index in [2.05, 4.69) is 22.0 Å². The number of anilines is 1. The highest BCUT2D eigenvalue weighted by Gasteiger charge is 2.08. The normalized spacial score (nSPS) is 11.9. The van der Waals surface area contributed by atoms with Crippen LogP contribution < -0.4 is 4.90 Å². The van der Waals surface area contributed by atoms with Gasteiger partial charge in [0.15, 0.2) is 0 Å². The van der Waals surface area contributed by atoms with Crippen molar-refractivity contribution in [3.05, 3.63) is 28.2 Å². The minimum Gasteiger partial charge on any atom is -0.389 e. The van der Waals surface area contributed by atoms with E-state index >= 15 is 0 Å². The van der Waals surface area contributed by atoms with Crippen LogP contribution in [0.5, 0.6) is 0 Å². The van der Waals surface area contributed by atoms with Gasteiger partial charge in [-0.1, -0.05) is 22.0 Å². The number of aliphatic hydroxyl groups is 1. The van der Waals surface area contributed by atoms with Crippen LogP contribution in [0.1, 0.15) is 25.0 Å². The standard InChI is InChI=1S/C12H15BrN2O/c1-9(16)11-5-4-10(8-12(11)13)15(2)7-3-6-14/h4-5,8-9,16H,3,7H2,1-2H3/t9-/m1/s1. The molecular formula is C12H15BrN2O. The third-order valence-corrected chi connectivity index (χ3v) is 3.12. The second kappa shape index (κ2) is 5.88. The summed E-state index contributed by atoms with van der Waals surface area (Å²) in [5.41, 5.74) is 1.91. The maximum absolute atomic E-state index is 9.49. The van der Waals surface area contributed by atoms with Crippen molar-refractivity contribution in [1.29, 1.82) is 5.26 Å². The van der Waals surface area contributed by atoms with Gasteiger partial charge < -0.3 is 10.0 Å². The average molecular weight is 283 g/mol. The summed E-state index contributed by atoms with van der Waals surface area (Å²) >= 11 is 3.43. The molecule has 16 heavy (non-hydrogen) atoms. The lowest BCUT2D eigenvalue weighted by Crippen LogP contribution is -2.18. The molecule has 0 aliphatic heterocycles. The molecule has 86 valence electrons. The Morgan fingerprint density at radius 3 is 2.75 bits per heavy atom. The van der Waals surface area contributed by atoms with Gasteiger partial charge in [-0.3, -0.25) is 0 Å². The largest absolute Gasteiger partial charge is 0.389 e. The molecule has 0 amide bonds. The maximum atomic E-state index is 9.49. The Morgan fingerprint density at radius 2 is 2.25 bits per heavy atom. The molecular weight excluding hydrogens is 268 g/mol. The highest BCUT2D eigenvalue weighted by Crippen LogP contribution is 2.27. The van der Waals surface area contributed by atoms with Crippen LogP contribution in [-0.2, 0) is 0 Å². The zero-order valence-electron chi connectivity index (χ0n) is 9.44. The highest BCUT2D eigenvalue weighted by atomic mass is 79.9. The lowest BCUT2D eigenvalue weighted by Gasteiger charge is -2.19. The molecule has 1 atom stereocenters. The molecule has 0 spiro atoms. The molecule has 1 aromatic rings. The average Bonchev–Trinajstić information content (AvgIpc) is 2.25. The minimum absolute atomic E-state index is 0.479. The summed E-state index contributed by atoms with van der Waals surface area (Å²) < 4.78 is 0.892. The fraction of sp³-hybridized carbons (Fsp3) is 0.417. The van der Waals surface area contributed by atoms with Gasteiger partial charge in [-0.2, -0.15) is 5.26 Å². The number of hydrogen-bond donors (Lipinski definition) is 1. The smallest absolute Gasteiger partial charge is 0.0772 e. The molecule has 3 nitrogen and oxygen atoms in total. The predicted octanol–water partition coefficient (Wildman–Crippen LogP) is 2.85. The molecule has 0 saturated carbocycles. The third kappa shape index (κ3) is 3.22. The summed E-state index contributed by atoms with van der Waals surface area (Å²) in [6, 6.07) is 7.92. The summed E-state index contributed by atoms with van der Waals surface area (Å²) in [7, 11) is 1.95. The Hall–Kier alpha value is -1.05. The number of rotatable bonds is 4. The van der Waals surface area contributed by atoms with E-state index in [9.17, 15) is 5.11 Å². The van der Waals surface area contributed by atoms with E-state index in [1.165, 1.54) is 0 Å². The van der Waals surface area contributed by atoms with Crippen molar-refractivity contribution in [2.45, 2.75) is 19.4 Å². The molecule has 0 radical (unpaired) electrons. The molecule has 4 heteroatoms. The van der Waals surface area contributed by atoms with E-state index in [0.717, 1.165) is 15.7 Å². The van der Waals surface area contributed by atoms with Gasteiger partial charge in [-0.25, -0.2) is 0 Å². The first-order valence-corrected chi connectivity index (χ1v) is 5.91. The predicted molar refractivity (Wildman–Crippen MR) is 68.3 cm³/mol. The number of benzene rings is 1. The first-order valence-electron chi connectivity index (χ1n) is 5.12. The number of hydrogen-bond acceptors (Lipinski definition) is 3. The van der Waals surface area contributed by atoms with Crippen LogP contribution in [0.25, 0.3) is 0 Å². The molecule has 1 aromatic carbocycles. The van der Waals surface area contributed by atoms with Gasteiger partial charge in [0.2, 0.25) is 0 Å². The Kier molecular flexibility index (Phi) is 4.78. The van der Waals surface area contributed by atoms with Crippen molar-refractivity contribution < 1.29 is 5.11 Å². The van der Waals surface area contributed by atoms with Crippen LogP contribution in [0.15, 0.2) is 22.7 Å². The zero-order valence-corrected chi connectivity index (χ0v) is 11.0. The number of halogens is 1. The first kappa shape index (κ1) is 13.0. The van der Waals surface area contributed by atoms with Crippen LogP contribution in [0.2, 0.25) is 0 Å². The van der Waals surface area contributed by atoms with Crippen LogP contribution >= 0.6 is 15.9 Å².